The largest absolute Gasteiger partial charge is 0.344 e. The van der Waals surface area contributed by atoms with E-state index in [0.29, 0.717) is 24.5 Å². The number of anilines is 1. The number of carbonyl (C=O) groups excluding carboxylic acids is 3. The zero-order valence-corrected chi connectivity index (χ0v) is 13.7. The Morgan fingerprint density at radius 3 is 2.83 bits per heavy atom. The molecule has 122 valence electrons. The summed E-state index contributed by atoms with van der Waals surface area (Å²) in [5.74, 6) is 0.616. The van der Waals surface area contributed by atoms with Crippen molar-refractivity contribution in [3.8, 4) is 0 Å². The number of amides is 3. The number of para-hydroxylation sites is 1. The van der Waals surface area contributed by atoms with Crippen molar-refractivity contribution in [3.63, 3.8) is 0 Å². The van der Waals surface area contributed by atoms with Crippen LogP contribution in [0.1, 0.15) is 18.4 Å². The molecule has 2 heterocycles. The van der Waals surface area contributed by atoms with Gasteiger partial charge in [-0.05, 0) is 25.0 Å². The molecular formula is C16H19N3O3S. The van der Waals surface area contributed by atoms with Gasteiger partial charge in [0, 0.05) is 17.9 Å². The van der Waals surface area contributed by atoms with Crippen molar-refractivity contribution in [3.05, 3.63) is 29.8 Å². The van der Waals surface area contributed by atoms with Crippen molar-refractivity contribution in [1.82, 2.24) is 10.2 Å². The fraction of sp³-hybridized carbons (Fsp3) is 0.438. The van der Waals surface area contributed by atoms with Crippen LogP contribution < -0.4 is 10.6 Å². The molecule has 0 aliphatic carbocycles. The predicted molar refractivity (Wildman–Crippen MR) is 88.9 cm³/mol. The highest BCUT2D eigenvalue weighted by atomic mass is 32.2. The summed E-state index contributed by atoms with van der Waals surface area (Å²) in [5.41, 5.74) is 1.74. The minimum absolute atomic E-state index is 0.101. The third-order valence-electron chi connectivity index (χ3n) is 4.16. The van der Waals surface area contributed by atoms with Gasteiger partial charge >= 0.3 is 0 Å². The highest BCUT2D eigenvalue weighted by Crippen LogP contribution is 2.25. The molecule has 2 aliphatic heterocycles. The lowest BCUT2D eigenvalue weighted by molar-refractivity contribution is -0.138. The van der Waals surface area contributed by atoms with Crippen LogP contribution in [0.3, 0.4) is 0 Å². The van der Waals surface area contributed by atoms with Gasteiger partial charge in [-0.15, -0.1) is 11.8 Å². The van der Waals surface area contributed by atoms with Crippen LogP contribution in [0.2, 0.25) is 0 Å². The van der Waals surface area contributed by atoms with Crippen LogP contribution >= 0.6 is 11.8 Å². The topological polar surface area (TPSA) is 78.5 Å². The number of benzene rings is 1. The van der Waals surface area contributed by atoms with E-state index in [0.717, 1.165) is 11.3 Å². The van der Waals surface area contributed by atoms with Crippen LogP contribution in [-0.4, -0.2) is 46.3 Å². The number of carbonyl (C=O) groups is 3. The van der Waals surface area contributed by atoms with Gasteiger partial charge < -0.3 is 15.5 Å². The molecule has 2 saturated heterocycles. The lowest BCUT2D eigenvalue weighted by Crippen LogP contribution is -2.50. The molecule has 0 spiro atoms. The highest BCUT2D eigenvalue weighted by Gasteiger charge is 2.39. The first-order chi connectivity index (χ1) is 11.1. The molecule has 6 nitrogen and oxygen atoms in total. The number of nitrogens with one attached hydrogen (secondary N) is 2. The number of rotatable bonds is 3. The number of nitrogens with zero attached hydrogens (tertiary/aromatic N) is 1. The van der Waals surface area contributed by atoms with Crippen LogP contribution in [-0.2, 0) is 14.4 Å². The fourth-order valence-corrected chi connectivity index (χ4v) is 3.97. The maximum Gasteiger partial charge on any atom is 0.248 e. The van der Waals surface area contributed by atoms with Crippen molar-refractivity contribution in [2.45, 2.75) is 31.8 Å². The Bertz CT molecular complexity index is 649. The van der Waals surface area contributed by atoms with E-state index in [9.17, 15) is 14.4 Å². The van der Waals surface area contributed by atoms with Crippen LogP contribution in [0, 0.1) is 6.92 Å². The molecule has 0 saturated carbocycles. The molecule has 0 aromatic heterocycles. The van der Waals surface area contributed by atoms with Crippen LogP contribution in [0.4, 0.5) is 5.69 Å². The van der Waals surface area contributed by atoms with Crippen molar-refractivity contribution < 1.29 is 14.4 Å². The van der Waals surface area contributed by atoms with E-state index in [1.54, 1.807) is 16.7 Å². The maximum atomic E-state index is 12.6. The summed E-state index contributed by atoms with van der Waals surface area (Å²) in [6.07, 6.45) is 0.877. The quantitative estimate of drug-likeness (QED) is 0.869. The normalized spacial score (nSPS) is 23.7. The minimum atomic E-state index is -0.496. The van der Waals surface area contributed by atoms with Crippen LogP contribution in [0.5, 0.6) is 0 Å². The lowest BCUT2D eigenvalue weighted by atomic mass is 10.1. The number of thioether (sulfide) groups is 1. The molecule has 2 fully saturated rings. The van der Waals surface area contributed by atoms with Gasteiger partial charge in [0.05, 0.1) is 5.88 Å². The molecule has 0 unspecified atom stereocenters. The van der Waals surface area contributed by atoms with Gasteiger partial charge in [0.15, 0.2) is 0 Å². The molecule has 3 rings (SSSR count). The van der Waals surface area contributed by atoms with Crippen molar-refractivity contribution in [2.75, 3.05) is 16.9 Å². The third kappa shape index (κ3) is 3.34. The Morgan fingerprint density at radius 2 is 2.13 bits per heavy atom. The standard InChI is InChI=1S/C16H19N3O3S/c1-10-4-2-3-5-11(10)18-15(21)13-8-23-9-19(13)16(22)12-6-7-14(20)17-12/h2-5,12-13H,6-9H2,1H3,(H,17,20)(H,18,21)/t12-,13+/m1/s1. The summed E-state index contributed by atoms with van der Waals surface area (Å²) < 4.78 is 0. The van der Waals surface area contributed by atoms with Gasteiger partial charge in [0.1, 0.15) is 12.1 Å². The zero-order chi connectivity index (χ0) is 16.4. The van der Waals surface area contributed by atoms with E-state index in [2.05, 4.69) is 10.6 Å². The molecule has 2 aliphatic rings. The van der Waals surface area contributed by atoms with Gasteiger partial charge in [0.2, 0.25) is 17.7 Å². The lowest BCUT2D eigenvalue weighted by Gasteiger charge is -2.26. The average molecular weight is 333 g/mol. The molecular weight excluding hydrogens is 314 g/mol. The second-order valence-electron chi connectivity index (χ2n) is 5.79. The van der Waals surface area contributed by atoms with Crippen LogP contribution in [0.25, 0.3) is 0 Å². The summed E-state index contributed by atoms with van der Waals surface area (Å²) in [4.78, 5) is 38.0. The molecule has 7 heteroatoms. The number of hydrogen-bond acceptors (Lipinski definition) is 4. The summed E-state index contributed by atoms with van der Waals surface area (Å²) in [6, 6.07) is 6.56. The second kappa shape index (κ2) is 6.62. The molecule has 2 N–H and O–H groups in total. The Hall–Kier alpha value is -2.02. The zero-order valence-electron chi connectivity index (χ0n) is 12.9. The van der Waals surface area contributed by atoms with E-state index in [1.807, 2.05) is 31.2 Å². The minimum Gasteiger partial charge on any atom is -0.344 e. The van der Waals surface area contributed by atoms with E-state index < -0.39 is 12.1 Å². The van der Waals surface area contributed by atoms with E-state index in [4.69, 9.17) is 0 Å². The molecule has 23 heavy (non-hydrogen) atoms. The van der Waals surface area contributed by atoms with Crippen molar-refractivity contribution in [1.29, 1.82) is 0 Å². The first kappa shape index (κ1) is 15.9. The van der Waals surface area contributed by atoms with Gasteiger partial charge in [-0.2, -0.15) is 0 Å². The SMILES string of the molecule is Cc1ccccc1NC(=O)[C@@H]1CSCN1C(=O)[C@H]1CCC(=O)N1. The third-order valence-corrected chi connectivity index (χ3v) is 5.18. The Morgan fingerprint density at radius 1 is 1.35 bits per heavy atom. The summed E-state index contributed by atoms with van der Waals surface area (Å²) >= 11 is 1.55. The van der Waals surface area contributed by atoms with Crippen molar-refractivity contribution in [2.24, 2.45) is 0 Å². The summed E-state index contributed by atoms with van der Waals surface area (Å²) in [7, 11) is 0. The molecule has 1 aromatic rings. The first-order valence-corrected chi connectivity index (χ1v) is 8.76. The molecule has 0 bridgehead atoms. The Labute approximate surface area is 139 Å². The smallest absolute Gasteiger partial charge is 0.248 e. The van der Waals surface area contributed by atoms with Crippen molar-refractivity contribution >= 4 is 35.2 Å². The monoisotopic (exact) mass is 333 g/mol. The predicted octanol–water partition coefficient (Wildman–Crippen LogP) is 1.11. The summed E-state index contributed by atoms with van der Waals surface area (Å²) in [6.45, 7) is 1.93. The van der Waals surface area contributed by atoms with E-state index in [-0.39, 0.29) is 17.7 Å². The summed E-state index contributed by atoms with van der Waals surface area (Å²) in [5, 5.41) is 5.58. The van der Waals surface area contributed by atoms with Gasteiger partial charge in [-0.1, -0.05) is 18.2 Å². The highest BCUT2D eigenvalue weighted by molar-refractivity contribution is 7.99. The fourth-order valence-electron chi connectivity index (χ4n) is 2.81. The molecule has 1 aromatic carbocycles. The number of aryl methyl sites for hydroxylation is 1. The Kier molecular flexibility index (Phi) is 4.56. The number of hydrogen-bond donors (Lipinski definition) is 2. The average Bonchev–Trinajstić information content (AvgIpc) is 3.17. The molecule has 3 amide bonds. The molecule has 2 atom stereocenters. The van der Waals surface area contributed by atoms with E-state index in [1.165, 1.54) is 0 Å². The van der Waals surface area contributed by atoms with Gasteiger partial charge in [-0.3, -0.25) is 14.4 Å². The maximum absolute atomic E-state index is 12.6. The Balaban J connectivity index is 1.68. The van der Waals surface area contributed by atoms with E-state index >= 15 is 0 Å². The second-order valence-corrected chi connectivity index (χ2v) is 6.79. The van der Waals surface area contributed by atoms with Gasteiger partial charge in [-0.25, -0.2) is 0 Å². The molecule has 0 radical (unpaired) electrons. The van der Waals surface area contributed by atoms with Gasteiger partial charge in [0.25, 0.3) is 0 Å². The van der Waals surface area contributed by atoms with Crippen LogP contribution in [0.15, 0.2) is 24.3 Å². The first-order valence-electron chi connectivity index (χ1n) is 7.60.